The van der Waals surface area contributed by atoms with E-state index in [-0.39, 0.29) is 6.61 Å². The van der Waals surface area contributed by atoms with Crippen molar-refractivity contribution < 1.29 is 5.11 Å². The molecule has 2 N–H and O–H groups in total. The van der Waals surface area contributed by atoms with Crippen LogP contribution in [-0.2, 0) is 6.61 Å². The van der Waals surface area contributed by atoms with Gasteiger partial charge in [0.25, 0.3) is 0 Å². The summed E-state index contributed by atoms with van der Waals surface area (Å²) < 4.78 is 0. The van der Waals surface area contributed by atoms with E-state index in [9.17, 15) is 4.79 Å². The minimum atomic E-state index is -0.460. The highest BCUT2D eigenvalue weighted by molar-refractivity contribution is 5.67. The molecule has 0 bridgehead atoms. The number of aromatic amines is 1. The lowest BCUT2D eigenvalue weighted by molar-refractivity contribution is 0.277. The summed E-state index contributed by atoms with van der Waals surface area (Å²) in [5.74, 6) is 0. The first-order valence-corrected chi connectivity index (χ1v) is 3.61. The molecule has 0 fully saturated rings. The van der Waals surface area contributed by atoms with Crippen LogP contribution in [0.25, 0.3) is 11.2 Å². The van der Waals surface area contributed by atoms with Crippen LogP contribution in [0.15, 0.2) is 17.2 Å². The number of fused-ring (bicyclic) bond motifs is 1. The van der Waals surface area contributed by atoms with Crippen LogP contribution in [0, 0.1) is 0 Å². The first kappa shape index (κ1) is 7.81. The van der Waals surface area contributed by atoms with Gasteiger partial charge in [-0.25, -0.2) is 14.8 Å². The lowest BCUT2D eigenvalue weighted by Crippen LogP contribution is -2.10. The van der Waals surface area contributed by atoms with Crippen molar-refractivity contribution in [2.75, 3.05) is 0 Å². The summed E-state index contributed by atoms with van der Waals surface area (Å²) in [6.45, 7) is -0.179. The number of aromatic nitrogens is 4. The molecule has 2 aromatic heterocycles. The maximum absolute atomic E-state index is 10.8. The van der Waals surface area contributed by atoms with Gasteiger partial charge < -0.3 is 5.11 Å². The molecular formula is C7H6N4O2. The third kappa shape index (κ3) is 1.38. The van der Waals surface area contributed by atoms with Gasteiger partial charge in [0, 0.05) is 0 Å². The van der Waals surface area contributed by atoms with Crippen molar-refractivity contribution in [3.63, 3.8) is 0 Å². The number of nitrogens with zero attached hydrogens (tertiary/aromatic N) is 3. The molecule has 6 nitrogen and oxygen atoms in total. The van der Waals surface area contributed by atoms with Crippen molar-refractivity contribution in [1.29, 1.82) is 0 Å². The van der Waals surface area contributed by atoms with Gasteiger partial charge in [-0.15, -0.1) is 0 Å². The Bertz CT molecular complexity index is 493. The van der Waals surface area contributed by atoms with Crippen LogP contribution in [0.3, 0.4) is 0 Å². The van der Waals surface area contributed by atoms with Gasteiger partial charge >= 0.3 is 5.69 Å². The quantitative estimate of drug-likeness (QED) is 0.596. The number of hydrogen-bond donors (Lipinski definition) is 2. The van der Waals surface area contributed by atoms with Crippen molar-refractivity contribution in [2.24, 2.45) is 0 Å². The minimum absolute atomic E-state index is 0.179. The van der Waals surface area contributed by atoms with E-state index in [0.717, 1.165) is 0 Å². The molecule has 0 radical (unpaired) electrons. The predicted octanol–water partition coefficient (Wildman–Crippen LogP) is -0.795. The van der Waals surface area contributed by atoms with Crippen LogP contribution < -0.4 is 5.69 Å². The highest BCUT2D eigenvalue weighted by Crippen LogP contribution is 2.01. The maximum atomic E-state index is 10.8. The largest absolute Gasteiger partial charge is 0.390 e. The second kappa shape index (κ2) is 2.91. The lowest BCUT2D eigenvalue weighted by Gasteiger charge is -1.96. The van der Waals surface area contributed by atoms with Gasteiger partial charge in [0.05, 0.1) is 24.7 Å². The fourth-order valence-corrected chi connectivity index (χ4v) is 0.958. The van der Waals surface area contributed by atoms with Gasteiger partial charge in [-0.1, -0.05) is 0 Å². The molecular weight excluding hydrogens is 172 g/mol. The Kier molecular flexibility index (Phi) is 1.75. The molecule has 0 amide bonds. The summed E-state index contributed by atoms with van der Waals surface area (Å²) in [5.41, 5.74) is 0.822. The Hall–Kier alpha value is -1.82. The van der Waals surface area contributed by atoms with E-state index in [1.165, 1.54) is 12.4 Å². The Morgan fingerprint density at radius 2 is 2.23 bits per heavy atom. The van der Waals surface area contributed by atoms with Crippen LogP contribution >= 0.6 is 0 Å². The number of H-pyrrole nitrogens is 1. The molecule has 6 heteroatoms. The molecule has 0 aromatic carbocycles. The zero-order valence-corrected chi connectivity index (χ0v) is 6.56. The Morgan fingerprint density at radius 3 is 3.00 bits per heavy atom. The van der Waals surface area contributed by atoms with Crippen molar-refractivity contribution >= 4 is 11.2 Å². The van der Waals surface area contributed by atoms with Gasteiger partial charge in [0.15, 0.2) is 5.65 Å². The topological polar surface area (TPSA) is 91.8 Å². The fraction of sp³-hybridized carbons (Fsp3) is 0.143. The SMILES string of the molecule is O=c1ncc2nc(CO)cnc2[nH]1. The van der Waals surface area contributed by atoms with Crippen molar-refractivity contribution in [3.8, 4) is 0 Å². The van der Waals surface area contributed by atoms with Gasteiger partial charge in [-0.3, -0.25) is 4.98 Å². The van der Waals surface area contributed by atoms with Gasteiger partial charge in [0.2, 0.25) is 0 Å². The van der Waals surface area contributed by atoms with E-state index < -0.39 is 5.69 Å². The summed E-state index contributed by atoms with van der Waals surface area (Å²) in [6.07, 6.45) is 2.72. The molecule has 13 heavy (non-hydrogen) atoms. The maximum Gasteiger partial charge on any atom is 0.346 e. The van der Waals surface area contributed by atoms with Crippen molar-refractivity contribution in [1.82, 2.24) is 19.9 Å². The van der Waals surface area contributed by atoms with Gasteiger partial charge in [-0.05, 0) is 0 Å². The van der Waals surface area contributed by atoms with Crippen LogP contribution in [0.2, 0.25) is 0 Å². The molecule has 2 heterocycles. The van der Waals surface area contributed by atoms with Gasteiger partial charge in [-0.2, -0.15) is 4.98 Å². The predicted molar refractivity (Wildman–Crippen MR) is 43.9 cm³/mol. The Morgan fingerprint density at radius 1 is 1.38 bits per heavy atom. The smallest absolute Gasteiger partial charge is 0.346 e. The summed E-state index contributed by atoms with van der Waals surface area (Å²) in [7, 11) is 0. The number of hydrogen-bond acceptors (Lipinski definition) is 5. The number of aliphatic hydroxyl groups excluding tert-OH is 1. The van der Waals surface area contributed by atoms with Gasteiger partial charge in [0.1, 0.15) is 5.52 Å². The standard InChI is InChI=1S/C7H6N4O2/c12-3-4-1-8-6-5(10-4)2-9-7(13)11-6/h1-2,12H,3H2,(H,8,9,11,13). The molecule has 0 saturated carbocycles. The molecule has 2 aromatic rings. The third-order valence-corrected chi connectivity index (χ3v) is 1.54. The molecule has 0 atom stereocenters. The first-order chi connectivity index (χ1) is 6.29. The minimum Gasteiger partial charge on any atom is -0.390 e. The van der Waals surface area contributed by atoms with Crippen LogP contribution in [0.5, 0.6) is 0 Å². The number of aliphatic hydroxyl groups is 1. The highest BCUT2D eigenvalue weighted by Gasteiger charge is 1.99. The monoisotopic (exact) mass is 178 g/mol. The van der Waals surface area contributed by atoms with E-state index in [1.807, 2.05) is 0 Å². The molecule has 66 valence electrons. The summed E-state index contributed by atoms with van der Waals surface area (Å²) >= 11 is 0. The Balaban J connectivity index is 2.73. The van der Waals surface area contributed by atoms with Crippen molar-refractivity contribution in [2.45, 2.75) is 6.61 Å². The molecule has 0 saturated heterocycles. The second-order valence-corrected chi connectivity index (χ2v) is 2.44. The van der Waals surface area contributed by atoms with Crippen molar-refractivity contribution in [3.05, 3.63) is 28.6 Å². The zero-order valence-electron chi connectivity index (χ0n) is 6.56. The summed E-state index contributed by atoms with van der Waals surface area (Å²) in [6, 6.07) is 0. The second-order valence-electron chi connectivity index (χ2n) is 2.44. The van der Waals surface area contributed by atoms with Crippen LogP contribution in [-0.4, -0.2) is 25.0 Å². The fourth-order valence-electron chi connectivity index (χ4n) is 0.958. The summed E-state index contributed by atoms with van der Waals surface area (Å²) in [5, 5.41) is 8.76. The zero-order chi connectivity index (χ0) is 9.26. The molecule has 0 spiro atoms. The first-order valence-electron chi connectivity index (χ1n) is 3.61. The molecule has 0 aliphatic carbocycles. The highest BCUT2D eigenvalue weighted by atomic mass is 16.3. The molecule has 0 unspecified atom stereocenters. The van der Waals surface area contributed by atoms with E-state index in [2.05, 4.69) is 19.9 Å². The van der Waals surface area contributed by atoms with E-state index >= 15 is 0 Å². The van der Waals surface area contributed by atoms with Crippen LogP contribution in [0.1, 0.15) is 5.69 Å². The molecule has 0 aliphatic heterocycles. The number of rotatable bonds is 1. The normalized spacial score (nSPS) is 10.5. The van der Waals surface area contributed by atoms with E-state index in [4.69, 9.17) is 5.11 Å². The lowest BCUT2D eigenvalue weighted by atomic mass is 10.4. The average Bonchev–Trinajstić information content (AvgIpc) is 2.17. The average molecular weight is 178 g/mol. The molecule has 0 aliphatic rings. The molecule has 2 rings (SSSR count). The summed E-state index contributed by atoms with van der Waals surface area (Å²) in [4.78, 5) is 24.5. The Labute approximate surface area is 72.3 Å². The number of nitrogens with one attached hydrogen (secondary N) is 1. The van der Waals surface area contributed by atoms with E-state index in [1.54, 1.807) is 0 Å². The van der Waals surface area contributed by atoms with Crippen LogP contribution in [0.4, 0.5) is 0 Å². The van der Waals surface area contributed by atoms with E-state index in [0.29, 0.717) is 16.9 Å². The third-order valence-electron chi connectivity index (χ3n) is 1.54.